The summed E-state index contributed by atoms with van der Waals surface area (Å²) in [6, 6.07) is 29.4. The highest BCUT2D eigenvalue weighted by atomic mass is 79.9. The molecule has 0 saturated heterocycles. The van der Waals surface area contributed by atoms with E-state index in [2.05, 4.69) is 37.5 Å². The van der Waals surface area contributed by atoms with Gasteiger partial charge < -0.3 is 15.5 Å². The van der Waals surface area contributed by atoms with Crippen molar-refractivity contribution in [2.24, 2.45) is 0 Å². The molecule has 6 nitrogen and oxygen atoms in total. The number of rotatable bonds is 7. The van der Waals surface area contributed by atoms with Crippen LogP contribution in [0.2, 0.25) is 0 Å². The molecule has 4 aromatic carbocycles. The number of anilines is 3. The Labute approximate surface area is 230 Å². The average Bonchev–Trinajstić information content (AvgIpc) is 2.90. The number of hydrogen-bond acceptors (Lipinski definition) is 5. The highest BCUT2D eigenvalue weighted by molar-refractivity contribution is 9.10. The lowest BCUT2D eigenvalue weighted by Crippen LogP contribution is -2.14. The molecule has 1 heterocycles. The molecule has 7 heteroatoms. The summed E-state index contributed by atoms with van der Waals surface area (Å²) >= 11 is 3.65. The predicted octanol–water partition coefficient (Wildman–Crippen LogP) is 7.43. The fourth-order valence-corrected chi connectivity index (χ4v) is 4.76. The first-order valence-electron chi connectivity index (χ1n) is 12.3. The van der Waals surface area contributed by atoms with Crippen molar-refractivity contribution >= 4 is 50.1 Å². The second-order valence-electron chi connectivity index (χ2n) is 9.44. The first kappa shape index (κ1) is 25.6. The van der Waals surface area contributed by atoms with Crippen molar-refractivity contribution in [1.82, 2.24) is 14.9 Å². The van der Waals surface area contributed by atoms with Gasteiger partial charge in [0.15, 0.2) is 0 Å². The van der Waals surface area contributed by atoms with Gasteiger partial charge in [-0.3, -0.25) is 4.79 Å². The van der Waals surface area contributed by atoms with Gasteiger partial charge in [0.25, 0.3) is 5.91 Å². The number of nitrogens with zero attached hydrogens (tertiary/aromatic N) is 3. The van der Waals surface area contributed by atoms with Crippen LogP contribution in [0.15, 0.2) is 95.5 Å². The van der Waals surface area contributed by atoms with E-state index in [0.717, 1.165) is 55.7 Å². The second-order valence-corrected chi connectivity index (χ2v) is 10.3. The van der Waals surface area contributed by atoms with Crippen molar-refractivity contribution in [2.75, 3.05) is 24.7 Å². The molecule has 2 N–H and O–H groups in total. The summed E-state index contributed by atoms with van der Waals surface area (Å²) < 4.78 is 0.965. The minimum atomic E-state index is -0.153. The van der Waals surface area contributed by atoms with Crippen molar-refractivity contribution < 1.29 is 4.79 Å². The summed E-state index contributed by atoms with van der Waals surface area (Å²) in [6.45, 7) is 2.80. The summed E-state index contributed by atoms with van der Waals surface area (Å²) in [5, 5.41) is 7.33. The summed E-state index contributed by atoms with van der Waals surface area (Å²) in [5.41, 5.74) is 7.03. The van der Waals surface area contributed by atoms with Gasteiger partial charge in [0, 0.05) is 38.9 Å². The van der Waals surface area contributed by atoms with E-state index in [-0.39, 0.29) is 5.91 Å². The highest BCUT2D eigenvalue weighted by Gasteiger charge is 2.13. The van der Waals surface area contributed by atoms with Gasteiger partial charge in [-0.05, 0) is 74.6 Å². The lowest BCUT2D eigenvalue weighted by molar-refractivity contribution is 0.102. The van der Waals surface area contributed by atoms with Crippen molar-refractivity contribution in [3.05, 3.63) is 112 Å². The van der Waals surface area contributed by atoms with E-state index >= 15 is 0 Å². The molecule has 0 atom stereocenters. The van der Waals surface area contributed by atoms with Crippen molar-refractivity contribution in [3.63, 3.8) is 0 Å². The fraction of sp³-hybridized carbons (Fsp3) is 0.129. The Balaban J connectivity index is 1.37. The first-order valence-corrected chi connectivity index (χ1v) is 13.1. The van der Waals surface area contributed by atoms with Crippen LogP contribution in [0.25, 0.3) is 22.2 Å². The Kier molecular flexibility index (Phi) is 7.49. The van der Waals surface area contributed by atoms with Gasteiger partial charge in [-0.1, -0.05) is 64.5 Å². The normalized spacial score (nSPS) is 11.1. The SMILES string of the molecule is Cc1ccc(CN(C)C)cc1NC(=O)c1ccc(Nc2nc(-c3ccccc3Br)c3ccccc3n2)cc1. The monoisotopic (exact) mass is 565 g/mol. The zero-order chi connectivity index (χ0) is 26.6. The summed E-state index contributed by atoms with van der Waals surface area (Å²) in [6.07, 6.45) is 0. The van der Waals surface area contributed by atoms with E-state index in [4.69, 9.17) is 9.97 Å². The van der Waals surface area contributed by atoms with Crippen molar-refractivity contribution in [2.45, 2.75) is 13.5 Å². The van der Waals surface area contributed by atoms with Gasteiger partial charge in [-0.2, -0.15) is 0 Å². The number of aryl methyl sites for hydroxylation is 1. The standard InChI is InChI=1S/C31H28BrN5O/c1-20-12-13-21(19-37(2)3)18-28(20)34-30(38)22-14-16-23(17-15-22)33-31-35-27-11-7-5-9-25(27)29(36-31)24-8-4-6-10-26(24)32/h4-18H,19H2,1-3H3,(H,34,38)(H,33,35,36). The lowest BCUT2D eigenvalue weighted by atomic mass is 10.1. The van der Waals surface area contributed by atoms with Crippen LogP contribution in [0.3, 0.4) is 0 Å². The Bertz CT molecular complexity index is 1620. The summed E-state index contributed by atoms with van der Waals surface area (Å²) in [4.78, 5) is 24.6. The molecule has 0 aliphatic heterocycles. The first-order chi connectivity index (χ1) is 18.4. The smallest absolute Gasteiger partial charge is 0.255 e. The minimum absolute atomic E-state index is 0.153. The number of aromatic nitrogens is 2. The molecule has 5 aromatic rings. The van der Waals surface area contributed by atoms with Gasteiger partial charge in [0.1, 0.15) is 0 Å². The van der Waals surface area contributed by atoms with E-state index in [1.54, 1.807) is 12.1 Å². The third kappa shape index (κ3) is 5.74. The topological polar surface area (TPSA) is 70.2 Å². The lowest BCUT2D eigenvalue weighted by Gasteiger charge is -2.14. The molecular formula is C31H28BrN5O. The van der Waals surface area contributed by atoms with Gasteiger partial charge in [-0.15, -0.1) is 0 Å². The van der Waals surface area contributed by atoms with Crippen LogP contribution in [-0.4, -0.2) is 34.9 Å². The summed E-state index contributed by atoms with van der Waals surface area (Å²) in [5.74, 6) is 0.333. The Morgan fingerprint density at radius 2 is 1.63 bits per heavy atom. The number of amides is 1. The van der Waals surface area contributed by atoms with E-state index in [1.165, 1.54) is 0 Å². The molecule has 1 aromatic heterocycles. The zero-order valence-corrected chi connectivity index (χ0v) is 23.1. The number of halogens is 1. The number of fused-ring (bicyclic) bond motifs is 1. The molecule has 0 aliphatic carbocycles. The molecule has 0 saturated carbocycles. The van der Waals surface area contributed by atoms with Crippen LogP contribution < -0.4 is 10.6 Å². The molecule has 0 radical (unpaired) electrons. The maximum absolute atomic E-state index is 13.0. The molecule has 0 fully saturated rings. The van der Waals surface area contributed by atoms with Crippen molar-refractivity contribution in [3.8, 4) is 11.3 Å². The highest BCUT2D eigenvalue weighted by Crippen LogP contribution is 2.33. The summed E-state index contributed by atoms with van der Waals surface area (Å²) in [7, 11) is 4.05. The van der Waals surface area contributed by atoms with Crippen LogP contribution in [0.4, 0.5) is 17.3 Å². The quantitative estimate of drug-likeness (QED) is 0.215. The molecule has 190 valence electrons. The van der Waals surface area contributed by atoms with Crippen LogP contribution in [0.5, 0.6) is 0 Å². The number of para-hydroxylation sites is 1. The minimum Gasteiger partial charge on any atom is -0.324 e. The molecular weight excluding hydrogens is 538 g/mol. The Hall–Kier alpha value is -4.07. The van der Waals surface area contributed by atoms with Crippen LogP contribution >= 0.6 is 15.9 Å². The molecule has 5 rings (SSSR count). The van der Waals surface area contributed by atoms with Crippen LogP contribution in [-0.2, 0) is 6.54 Å². The van der Waals surface area contributed by atoms with E-state index < -0.39 is 0 Å². The third-order valence-corrected chi connectivity index (χ3v) is 6.88. The average molecular weight is 567 g/mol. The maximum Gasteiger partial charge on any atom is 0.255 e. The Morgan fingerprint density at radius 3 is 2.39 bits per heavy atom. The van der Waals surface area contributed by atoms with Gasteiger partial charge in [0.2, 0.25) is 5.95 Å². The molecule has 1 amide bonds. The van der Waals surface area contributed by atoms with Gasteiger partial charge in [-0.25, -0.2) is 9.97 Å². The second kappa shape index (κ2) is 11.1. The molecule has 0 aliphatic rings. The molecule has 38 heavy (non-hydrogen) atoms. The largest absolute Gasteiger partial charge is 0.324 e. The third-order valence-electron chi connectivity index (χ3n) is 6.18. The predicted molar refractivity (Wildman–Crippen MR) is 159 cm³/mol. The number of carbonyl (C=O) groups excluding carboxylic acids is 1. The van der Waals surface area contributed by atoms with E-state index in [1.807, 2.05) is 93.8 Å². The fourth-order valence-electron chi connectivity index (χ4n) is 4.29. The number of hydrogen-bond donors (Lipinski definition) is 2. The van der Waals surface area contributed by atoms with Gasteiger partial charge >= 0.3 is 0 Å². The molecule has 0 unspecified atom stereocenters. The van der Waals surface area contributed by atoms with E-state index in [9.17, 15) is 4.79 Å². The Morgan fingerprint density at radius 1 is 0.895 bits per heavy atom. The van der Waals surface area contributed by atoms with E-state index in [0.29, 0.717) is 11.5 Å². The van der Waals surface area contributed by atoms with Crippen molar-refractivity contribution in [1.29, 1.82) is 0 Å². The van der Waals surface area contributed by atoms with Gasteiger partial charge in [0.05, 0.1) is 11.2 Å². The number of benzene rings is 4. The number of carbonyl (C=O) groups is 1. The zero-order valence-electron chi connectivity index (χ0n) is 21.5. The maximum atomic E-state index is 13.0. The van der Waals surface area contributed by atoms with Crippen LogP contribution in [0.1, 0.15) is 21.5 Å². The number of nitrogens with one attached hydrogen (secondary N) is 2. The molecule has 0 spiro atoms. The molecule has 0 bridgehead atoms. The van der Waals surface area contributed by atoms with Crippen LogP contribution in [0, 0.1) is 6.92 Å².